The molecule has 3 heteroatoms. The van der Waals surface area contributed by atoms with Gasteiger partial charge in [-0.05, 0) is 99.2 Å². The summed E-state index contributed by atoms with van der Waals surface area (Å²) < 4.78 is 19.6. The lowest BCUT2D eigenvalue weighted by atomic mass is 9.33. The Balaban J connectivity index is 1.40. The second-order valence-corrected chi connectivity index (χ2v) is 12.6. The molecule has 4 atom stereocenters. The molecular weight excluding hydrogens is 396 g/mol. The van der Waals surface area contributed by atoms with Gasteiger partial charge in [0.2, 0.25) is 0 Å². The lowest BCUT2D eigenvalue weighted by Crippen LogP contribution is -2.71. The number of hydrogen-bond donors (Lipinski definition) is 0. The first-order valence-electron chi connectivity index (χ1n) is 12.6. The van der Waals surface area contributed by atoms with Crippen molar-refractivity contribution in [3.8, 4) is 37.0 Å². The fraction of sp³-hybridized carbons (Fsp3) is 0.793. The summed E-state index contributed by atoms with van der Waals surface area (Å²) in [6, 6.07) is 0. The Morgan fingerprint density at radius 2 is 0.969 bits per heavy atom. The quantitative estimate of drug-likeness (QED) is 0.544. The summed E-state index contributed by atoms with van der Waals surface area (Å²) in [4.78, 5) is 0. The van der Waals surface area contributed by atoms with Crippen LogP contribution in [-0.2, 0) is 14.2 Å². The smallest absolute Gasteiger partial charge is 0.108 e. The van der Waals surface area contributed by atoms with Crippen LogP contribution in [0.2, 0.25) is 0 Å². The maximum Gasteiger partial charge on any atom is 0.108 e. The van der Waals surface area contributed by atoms with E-state index >= 15 is 0 Å². The normalized spacial score (nSPS) is 51.8. The third kappa shape index (κ3) is 2.96. The summed E-state index contributed by atoms with van der Waals surface area (Å²) >= 11 is 0. The zero-order valence-electron chi connectivity index (χ0n) is 19.3. The molecule has 0 aliphatic heterocycles. The minimum absolute atomic E-state index is 0.0144. The van der Waals surface area contributed by atoms with Crippen molar-refractivity contribution in [2.24, 2.45) is 28.6 Å². The van der Waals surface area contributed by atoms with Crippen molar-refractivity contribution in [3.05, 3.63) is 0 Å². The van der Waals surface area contributed by atoms with Gasteiger partial charge in [-0.1, -0.05) is 17.8 Å². The minimum Gasteiger partial charge on any atom is -0.362 e. The predicted octanol–water partition coefficient (Wildman–Crippen LogP) is 4.74. The molecule has 3 nitrogen and oxygen atoms in total. The molecular formula is C29H36O3. The molecule has 0 saturated heterocycles. The largest absolute Gasteiger partial charge is 0.362 e. The second-order valence-electron chi connectivity index (χ2n) is 12.6. The van der Waals surface area contributed by atoms with E-state index in [0.717, 1.165) is 50.4 Å². The molecule has 0 aromatic rings. The van der Waals surface area contributed by atoms with Crippen LogP contribution in [-0.4, -0.2) is 36.6 Å². The standard InChI is InChI=1S/C29H36O3/c1-4-7-30-27-14-22-10-23(15-27)12-25(11-22,18-27)26-13-24-16-28(19-26,31-8-5-2)21-29(17-24,20-26)32-9-6-3/h1-3,22-24H,7-21H2. The molecule has 8 bridgehead atoms. The van der Waals surface area contributed by atoms with Gasteiger partial charge >= 0.3 is 0 Å². The van der Waals surface area contributed by atoms with Gasteiger partial charge in [0.15, 0.2) is 0 Å². The van der Waals surface area contributed by atoms with E-state index in [0.29, 0.717) is 31.2 Å². The molecule has 8 fully saturated rings. The molecule has 0 spiro atoms. The van der Waals surface area contributed by atoms with Gasteiger partial charge in [0.05, 0.1) is 16.8 Å². The van der Waals surface area contributed by atoms with E-state index in [-0.39, 0.29) is 22.2 Å². The summed E-state index contributed by atoms with van der Waals surface area (Å²) in [5, 5.41) is 0. The van der Waals surface area contributed by atoms with Crippen LogP contribution < -0.4 is 0 Å². The van der Waals surface area contributed by atoms with E-state index in [2.05, 4.69) is 17.8 Å². The van der Waals surface area contributed by atoms with Crippen LogP contribution in [0, 0.1) is 65.6 Å². The molecule has 0 heterocycles. The number of rotatable bonds is 7. The maximum atomic E-state index is 6.55. The van der Waals surface area contributed by atoms with Crippen molar-refractivity contribution < 1.29 is 14.2 Å². The maximum absolute atomic E-state index is 6.55. The minimum atomic E-state index is -0.156. The summed E-state index contributed by atoms with van der Waals surface area (Å²) in [5.74, 6) is 10.4. The Kier molecular flexibility index (Phi) is 4.64. The van der Waals surface area contributed by atoms with E-state index in [1.54, 1.807) is 0 Å². The molecule has 4 unspecified atom stereocenters. The van der Waals surface area contributed by atoms with Crippen molar-refractivity contribution in [1.29, 1.82) is 0 Å². The van der Waals surface area contributed by atoms with Crippen LogP contribution in [0.4, 0.5) is 0 Å². The Morgan fingerprint density at radius 1 is 0.531 bits per heavy atom. The average molecular weight is 433 g/mol. The topological polar surface area (TPSA) is 27.7 Å². The molecule has 8 aliphatic rings. The molecule has 8 rings (SSSR count). The van der Waals surface area contributed by atoms with Crippen LogP contribution in [0.25, 0.3) is 0 Å². The van der Waals surface area contributed by atoms with Gasteiger partial charge < -0.3 is 14.2 Å². The van der Waals surface area contributed by atoms with Crippen LogP contribution in [0.1, 0.15) is 77.0 Å². The Bertz CT molecular complexity index is 864. The van der Waals surface area contributed by atoms with E-state index in [1.165, 1.54) is 38.5 Å². The predicted molar refractivity (Wildman–Crippen MR) is 123 cm³/mol. The summed E-state index contributed by atoms with van der Waals surface area (Å²) in [6.45, 7) is 1.22. The Hall–Kier alpha value is -1.44. The van der Waals surface area contributed by atoms with Crippen LogP contribution in [0.5, 0.6) is 0 Å². The van der Waals surface area contributed by atoms with Gasteiger partial charge in [0.1, 0.15) is 19.8 Å². The number of ether oxygens (including phenoxy) is 3. The highest BCUT2D eigenvalue weighted by atomic mass is 16.5. The van der Waals surface area contributed by atoms with E-state index in [9.17, 15) is 0 Å². The zero-order chi connectivity index (χ0) is 22.1. The molecule has 0 aromatic heterocycles. The SMILES string of the molecule is C#CCOC12CC3CC(C1)CC(C14CC5CC(OCC#C)(CC(OCC#C)(C5)C1)C4)(C3)C2. The average Bonchev–Trinajstić information content (AvgIpc) is 2.73. The fourth-order valence-electron chi connectivity index (χ4n) is 10.7. The van der Waals surface area contributed by atoms with Crippen molar-refractivity contribution in [2.45, 2.75) is 93.9 Å². The van der Waals surface area contributed by atoms with Crippen molar-refractivity contribution in [2.75, 3.05) is 19.8 Å². The monoisotopic (exact) mass is 432 g/mol. The van der Waals surface area contributed by atoms with Crippen molar-refractivity contribution in [1.82, 2.24) is 0 Å². The fourth-order valence-corrected chi connectivity index (χ4v) is 10.7. The summed E-state index contributed by atoms with van der Waals surface area (Å²) in [6.07, 6.45) is 31.3. The van der Waals surface area contributed by atoms with E-state index < -0.39 is 0 Å². The Labute approximate surface area is 193 Å². The van der Waals surface area contributed by atoms with Gasteiger partial charge in [-0.15, -0.1) is 19.3 Å². The third-order valence-corrected chi connectivity index (χ3v) is 10.5. The lowest BCUT2D eigenvalue weighted by Gasteiger charge is -2.75. The number of hydrogen-bond acceptors (Lipinski definition) is 3. The highest BCUT2D eigenvalue weighted by Crippen LogP contribution is 2.77. The first-order chi connectivity index (χ1) is 15.4. The van der Waals surface area contributed by atoms with E-state index in [4.69, 9.17) is 33.5 Å². The molecule has 0 radical (unpaired) electrons. The lowest BCUT2D eigenvalue weighted by molar-refractivity contribution is -0.311. The van der Waals surface area contributed by atoms with Gasteiger partial charge in [-0.2, -0.15) is 0 Å². The van der Waals surface area contributed by atoms with Crippen LogP contribution in [0.15, 0.2) is 0 Å². The van der Waals surface area contributed by atoms with Crippen molar-refractivity contribution in [3.63, 3.8) is 0 Å². The zero-order valence-corrected chi connectivity index (χ0v) is 19.3. The molecule has 8 aliphatic carbocycles. The highest BCUT2D eigenvalue weighted by molar-refractivity contribution is 5.24. The highest BCUT2D eigenvalue weighted by Gasteiger charge is 2.73. The molecule has 32 heavy (non-hydrogen) atoms. The molecule has 170 valence electrons. The van der Waals surface area contributed by atoms with Crippen molar-refractivity contribution >= 4 is 0 Å². The molecule has 0 aromatic carbocycles. The molecule has 0 amide bonds. The van der Waals surface area contributed by atoms with Gasteiger partial charge in [-0.3, -0.25) is 0 Å². The first-order valence-corrected chi connectivity index (χ1v) is 12.6. The van der Waals surface area contributed by atoms with Gasteiger partial charge in [-0.25, -0.2) is 0 Å². The number of terminal acetylenes is 3. The summed E-state index contributed by atoms with van der Waals surface area (Å²) in [5.41, 5.74) is 0.214. The Morgan fingerprint density at radius 3 is 1.50 bits per heavy atom. The van der Waals surface area contributed by atoms with Gasteiger partial charge in [0, 0.05) is 6.42 Å². The first kappa shape index (κ1) is 21.1. The van der Waals surface area contributed by atoms with Crippen LogP contribution >= 0.6 is 0 Å². The van der Waals surface area contributed by atoms with Gasteiger partial charge in [0.25, 0.3) is 0 Å². The summed E-state index contributed by atoms with van der Waals surface area (Å²) in [7, 11) is 0. The van der Waals surface area contributed by atoms with E-state index in [1.807, 2.05) is 0 Å². The van der Waals surface area contributed by atoms with Crippen LogP contribution in [0.3, 0.4) is 0 Å². The molecule has 0 N–H and O–H groups in total. The second kappa shape index (κ2) is 7.03. The molecule has 8 saturated carbocycles. The third-order valence-electron chi connectivity index (χ3n) is 10.5.